The first-order valence-electron chi connectivity index (χ1n) is 6.90. The second-order valence-corrected chi connectivity index (χ2v) is 5.31. The van der Waals surface area contributed by atoms with Gasteiger partial charge in [0, 0.05) is 11.9 Å². The lowest BCUT2D eigenvalue weighted by Gasteiger charge is -2.17. The molecule has 2 saturated heterocycles. The van der Waals surface area contributed by atoms with Crippen molar-refractivity contribution in [3.05, 3.63) is 42.5 Å². The van der Waals surface area contributed by atoms with E-state index in [0.717, 1.165) is 23.6 Å². The number of anilines is 1. The fourth-order valence-electron chi connectivity index (χ4n) is 3.25. The molecular formula is C16H14N2O2. The topological polar surface area (TPSA) is 40.6 Å². The minimum absolute atomic E-state index is 0.0798. The van der Waals surface area contributed by atoms with Gasteiger partial charge in [0.25, 0.3) is 5.91 Å². The molecule has 100 valence electrons. The van der Waals surface area contributed by atoms with Crippen LogP contribution in [0, 0.1) is 0 Å². The molecule has 0 aliphatic carbocycles. The summed E-state index contributed by atoms with van der Waals surface area (Å²) in [6, 6.07) is 13.1. The van der Waals surface area contributed by atoms with Gasteiger partial charge in [0.1, 0.15) is 6.04 Å². The normalized spacial score (nSPS) is 21.9. The van der Waals surface area contributed by atoms with E-state index < -0.39 is 0 Å². The fraction of sp³-hybridized carbons (Fsp3) is 0.250. The highest BCUT2D eigenvalue weighted by Gasteiger charge is 2.48. The second kappa shape index (κ2) is 4.07. The van der Waals surface area contributed by atoms with Crippen molar-refractivity contribution in [2.75, 3.05) is 11.4 Å². The molecule has 2 aromatic rings. The van der Waals surface area contributed by atoms with E-state index in [2.05, 4.69) is 0 Å². The third kappa shape index (κ3) is 1.42. The van der Waals surface area contributed by atoms with E-state index in [1.165, 1.54) is 4.90 Å². The van der Waals surface area contributed by atoms with Gasteiger partial charge < -0.3 is 4.90 Å². The number of benzene rings is 2. The highest BCUT2D eigenvalue weighted by atomic mass is 16.2. The number of nitrogens with zero attached hydrogens (tertiary/aromatic N) is 2. The molecule has 2 aliphatic rings. The predicted octanol–water partition coefficient (Wildman–Crippen LogP) is 2.77. The molecule has 2 aromatic carbocycles. The van der Waals surface area contributed by atoms with Crippen LogP contribution in [0.2, 0.25) is 0 Å². The lowest BCUT2D eigenvalue weighted by molar-refractivity contribution is -0.119. The summed E-state index contributed by atoms with van der Waals surface area (Å²) in [5.41, 5.74) is 0.701. The molecule has 0 N–H and O–H groups in total. The first-order valence-corrected chi connectivity index (χ1v) is 6.90. The molecule has 4 heteroatoms. The van der Waals surface area contributed by atoms with Gasteiger partial charge in [0.15, 0.2) is 0 Å². The lowest BCUT2D eigenvalue weighted by Crippen LogP contribution is -2.33. The lowest BCUT2D eigenvalue weighted by atomic mass is 10.1. The zero-order valence-electron chi connectivity index (χ0n) is 11.0. The first-order chi connectivity index (χ1) is 9.77. The summed E-state index contributed by atoms with van der Waals surface area (Å²) in [5, 5.41) is 1.98. The average Bonchev–Trinajstić information content (AvgIpc) is 3.04. The molecule has 2 aliphatic heterocycles. The van der Waals surface area contributed by atoms with Crippen molar-refractivity contribution in [3.63, 3.8) is 0 Å². The van der Waals surface area contributed by atoms with Crippen molar-refractivity contribution in [2.45, 2.75) is 18.9 Å². The molecule has 2 heterocycles. The van der Waals surface area contributed by atoms with E-state index in [-0.39, 0.29) is 18.0 Å². The quantitative estimate of drug-likeness (QED) is 0.745. The number of carbonyl (C=O) groups is 2. The molecule has 0 bridgehead atoms. The van der Waals surface area contributed by atoms with Gasteiger partial charge >= 0.3 is 6.03 Å². The van der Waals surface area contributed by atoms with Gasteiger partial charge in [-0.1, -0.05) is 36.4 Å². The van der Waals surface area contributed by atoms with E-state index in [0.29, 0.717) is 12.2 Å². The molecule has 0 aromatic heterocycles. The summed E-state index contributed by atoms with van der Waals surface area (Å²) in [7, 11) is 0. The molecule has 2 fully saturated rings. The third-order valence-electron chi connectivity index (χ3n) is 4.20. The van der Waals surface area contributed by atoms with E-state index in [1.807, 2.05) is 42.5 Å². The number of hydrogen-bond donors (Lipinski definition) is 0. The SMILES string of the molecule is O=C1[C@@H]2CCCN2C(=O)N1c1cccc2ccccc12. The zero-order valence-corrected chi connectivity index (χ0v) is 11.0. The van der Waals surface area contributed by atoms with Crippen LogP contribution in [0.4, 0.5) is 10.5 Å². The molecule has 3 amide bonds. The first kappa shape index (κ1) is 11.5. The van der Waals surface area contributed by atoms with E-state index >= 15 is 0 Å². The summed E-state index contributed by atoms with van der Waals surface area (Å²) >= 11 is 0. The average molecular weight is 266 g/mol. The van der Waals surface area contributed by atoms with Gasteiger partial charge in [0.2, 0.25) is 0 Å². The molecule has 0 unspecified atom stereocenters. The molecule has 0 radical (unpaired) electrons. The molecule has 4 rings (SSSR count). The maximum atomic E-state index is 12.5. The molecular weight excluding hydrogens is 252 g/mol. The van der Waals surface area contributed by atoms with Crippen LogP contribution in [0.1, 0.15) is 12.8 Å². The minimum atomic E-state index is -0.249. The maximum Gasteiger partial charge on any atom is 0.332 e. The third-order valence-corrected chi connectivity index (χ3v) is 4.20. The van der Waals surface area contributed by atoms with Crippen LogP contribution in [-0.4, -0.2) is 29.4 Å². The van der Waals surface area contributed by atoms with Gasteiger partial charge in [0.05, 0.1) is 5.69 Å². The van der Waals surface area contributed by atoms with Crippen LogP contribution >= 0.6 is 0 Å². The Morgan fingerprint density at radius 3 is 2.65 bits per heavy atom. The van der Waals surface area contributed by atoms with Crippen molar-refractivity contribution in [1.82, 2.24) is 4.90 Å². The highest BCUT2D eigenvalue weighted by Crippen LogP contribution is 2.34. The van der Waals surface area contributed by atoms with E-state index in [4.69, 9.17) is 0 Å². The molecule has 20 heavy (non-hydrogen) atoms. The number of imide groups is 1. The number of urea groups is 1. The number of hydrogen-bond acceptors (Lipinski definition) is 2. The number of amides is 3. The van der Waals surface area contributed by atoms with E-state index in [1.54, 1.807) is 4.90 Å². The Morgan fingerprint density at radius 1 is 1.00 bits per heavy atom. The van der Waals surface area contributed by atoms with Crippen LogP contribution in [0.5, 0.6) is 0 Å². The largest absolute Gasteiger partial charge is 0.332 e. The van der Waals surface area contributed by atoms with E-state index in [9.17, 15) is 9.59 Å². The smallest absolute Gasteiger partial charge is 0.312 e. The number of rotatable bonds is 1. The van der Waals surface area contributed by atoms with Crippen LogP contribution in [0.3, 0.4) is 0 Å². The van der Waals surface area contributed by atoms with Crippen LogP contribution in [-0.2, 0) is 4.79 Å². The van der Waals surface area contributed by atoms with Gasteiger partial charge in [-0.3, -0.25) is 4.79 Å². The Labute approximate surface area is 116 Å². The highest BCUT2D eigenvalue weighted by molar-refractivity contribution is 6.24. The van der Waals surface area contributed by atoms with Crippen LogP contribution in [0.15, 0.2) is 42.5 Å². The standard InChI is InChI=1S/C16H14N2O2/c19-15-14-9-4-10-17(14)16(20)18(15)13-8-3-6-11-5-1-2-7-12(11)13/h1-3,5-8,14H,4,9-10H2/t14-/m0/s1. The van der Waals surface area contributed by atoms with Gasteiger partial charge in [-0.05, 0) is 24.3 Å². The Bertz CT molecular complexity index is 698. The minimum Gasteiger partial charge on any atom is -0.312 e. The number of fused-ring (bicyclic) bond motifs is 2. The van der Waals surface area contributed by atoms with Gasteiger partial charge in [-0.15, -0.1) is 0 Å². The predicted molar refractivity (Wildman–Crippen MR) is 76.6 cm³/mol. The van der Waals surface area contributed by atoms with Crippen LogP contribution < -0.4 is 4.90 Å². The maximum absolute atomic E-state index is 12.5. The molecule has 0 saturated carbocycles. The van der Waals surface area contributed by atoms with Gasteiger partial charge in [-0.2, -0.15) is 0 Å². The fourth-order valence-corrected chi connectivity index (χ4v) is 3.25. The summed E-state index contributed by atoms with van der Waals surface area (Å²) in [6.45, 7) is 0.691. The monoisotopic (exact) mass is 266 g/mol. The van der Waals surface area contributed by atoms with Gasteiger partial charge in [-0.25, -0.2) is 9.69 Å². The van der Waals surface area contributed by atoms with Crippen molar-refractivity contribution < 1.29 is 9.59 Å². The van der Waals surface area contributed by atoms with Crippen molar-refractivity contribution in [2.24, 2.45) is 0 Å². The zero-order chi connectivity index (χ0) is 13.7. The molecule has 0 spiro atoms. The Morgan fingerprint density at radius 2 is 1.80 bits per heavy atom. The van der Waals surface area contributed by atoms with Crippen LogP contribution in [0.25, 0.3) is 10.8 Å². The number of carbonyl (C=O) groups excluding carboxylic acids is 2. The Balaban J connectivity index is 1.88. The molecule has 1 atom stereocenters. The van der Waals surface area contributed by atoms with Crippen molar-refractivity contribution in [1.29, 1.82) is 0 Å². The summed E-state index contributed by atoms with van der Waals surface area (Å²) in [4.78, 5) is 28.0. The Hall–Kier alpha value is -2.36. The van der Waals surface area contributed by atoms with Crippen molar-refractivity contribution >= 4 is 28.4 Å². The second-order valence-electron chi connectivity index (χ2n) is 5.31. The van der Waals surface area contributed by atoms with Crippen molar-refractivity contribution in [3.8, 4) is 0 Å². The molecule has 4 nitrogen and oxygen atoms in total. The Kier molecular flexibility index (Phi) is 2.33. The summed E-state index contributed by atoms with van der Waals surface area (Å²) in [5.74, 6) is -0.0798. The summed E-state index contributed by atoms with van der Waals surface area (Å²) < 4.78 is 0. The summed E-state index contributed by atoms with van der Waals surface area (Å²) in [6.07, 6.45) is 1.71.